The molecule has 36 heavy (non-hydrogen) atoms. The van der Waals surface area contributed by atoms with Crippen LogP contribution in [0.2, 0.25) is 0 Å². The van der Waals surface area contributed by atoms with Gasteiger partial charge in [-0.2, -0.15) is 0 Å². The molecule has 0 unspecified atom stereocenters. The molecule has 7 heteroatoms. The summed E-state index contributed by atoms with van der Waals surface area (Å²) >= 11 is 0. The van der Waals surface area contributed by atoms with Gasteiger partial charge in [0.15, 0.2) is 0 Å². The van der Waals surface area contributed by atoms with Gasteiger partial charge in [-0.1, -0.05) is 74.4 Å². The Labute approximate surface area is 211 Å². The van der Waals surface area contributed by atoms with Crippen LogP contribution in [0.15, 0.2) is 78.9 Å². The molecule has 0 heterocycles. The number of carbonyl (C=O) groups is 3. The highest BCUT2D eigenvalue weighted by Gasteiger charge is 2.22. The number of rotatable bonds is 13. The summed E-state index contributed by atoms with van der Waals surface area (Å²) in [5.74, 6) is -0.875. The molecule has 0 radical (unpaired) electrons. The third-order valence-electron chi connectivity index (χ3n) is 5.70. The molecular formula is C29H32N2O5. The standard InChI is InChI=1S/C29H32N2O5/c1-2-3-5-10-26(32)31-27(28(33)30-19-21-11-13-24(14-12-21)29(34)35)23-15-17-25(18-16-23)36-20-22-8-6-4-7-9-22/h4,6-9,11-18,27H,2-3,5,10,19-20H2,1H3,(H,30,33)(H,31,32)(H,34,35)/t27-/m0/s1. The Hall–Kier alpha value is -4.13. The molecule has 0 saturated heterocycles. The van der Waals surface area contributed by atoms with E-state index in [1.165, 1.54) is 12.1 Å². The first-order chi connectivity index (χ1) is 17.5. The van der Waals surface area contributed by atoms with Crippen LogP contribution in [0.1, 0.15) is 65.7 Å². The number of hydrogen-bond donors (Lipinski definition) is 3. The van der Waals surface area contributed by atoms with Crippen LogP contribution >= 0.6 is 0 Å². The van der Waals surface area contributed by atoms with Crippen molar-refractivity contribution in [1.29, 1.82) is 0 Å². The SMILES string of the molecule is CCCCCC(=O)N[C@H](C(=O)NCc1ccc(C(=O)O)cc1)c1ccc(OCc2ccccc2)cc1. The van der Waals surface area contributed by atoms with E-state index in [2.05, 4.69) is 17.6 Å². The molecule has 3 N–H and O–H groups in total. The van der Waals surface area contributed by atoms with Gasteiger partial charge in [-0.15, -0.1) is 0 Å². The lowest BCUT2D eigenvalue weighted by molar-refractivity contribution is -0.129. The van der Waals surface area contributed by atoms with Crippen LogP contribution in [0, 0.1) is 0 Å². The molecule has 7 nitrogen and oxygen atoms in total. The number of amides is 2. The van der Waals surface area contributed by atoms with Crippen LogP contribution in [0.3, 0.4) is 0 Å². The lowest BCUT2D eigenvalue weighted by Gasteiger charge is -2.19. The number of unbranched alkanes of at least 4 members (excludes halogenated alkanes) is 2. The topological polar surface area (TPSA) is 105 Å². The van der Waals surface area contributed by atoms with E-state index in [4.69, 9.17) is 9.84 Å². The minimum atomic E-state index is -1.01. The second-order valence-corrected chi connectivity index (χ2v) is 8.52. The van der Waals surface area contributed by atoms with E-state index in [1.54, 1.807) is 36.4 Å². The van der Waals surface area contributed by atoms with Crippen molar-refractivity contribution in [1.82, 2.24) is 10.6 Å². The van der Waals surface area contributed by atoms with E-state index in [0.29, 0.717) is 24.3 Å². The predicted molar refractivity (Wildman–Crippen MR) is 137 cm³/mol. The quantitative estimate of drug-likeness (QED) is 0.293. The van der Waals surface area contributed by atoms with Gasteiger partial charge in [0.05, 0.1) is 5.56 Å². The van der Waals surface area contributed by atoms with Gasteiger partial charge in [0.2, 0.25) is 11.8 Å². The maximum atomic E-state index is 13.1. The fourth-order valence-corrected chi connectivity index (χ4v) is 3.62. The van der Waals surface area contributed by atoms with Gasteiger partial charge in [0.25, 0.3) is 0 Å². The highest BCUT2D eigenvalue weighted by atomic mass is 16.5. The number of ether oxygens (including phenoxy) is 1. The largest absolute Gasteiger partial charge is 0.489 e. The van der Waals surface area contributed by atoms with E-state index in [9.17, 15) is 14.4 Å². The van der Waals surface area contributed by atoms with Crippen LogP contribution in [0.4, 0.5) is 0 Å². The number of carbonyl (C=O) groups excluding carboxylic acids is 2. The predicted octanol–water partition coefficient (Wildman–Crippen LogP) is 5.02. The van der Waals surface area contributed by atoms with E-state index in [0.717, 1.165) is 30.4 Å². The van der Waals surface area contributed by atoms with Crippen molar-refractivity contribution in [3.63, 3.8) is 0 Å². The number of carboxylic acid groups (broad SMARTS) is 1. The van der Waals surface area contributed by atoms with Crippen molar-refractivity contribution >= 4 is 17.8 Å². The van der Waals surface area contributed by atoms with Crippen LogP contribution in [0.5, 0.6) is 5.75 Å². The monoisotopic (exact) mass is 488 g/mol. The summed E-state index contributed by atoms with van der Waals surface area (Å²) in [4.78, 5) is 36.7. The van der Waals surface area contributed by atoms with Crippen molar-refractivity contribution < 1.29 is 24.2 Å². The van der Waals surface area contributed by atoms with Gasteiger partial charge in [-0.05, 0) is 47.4 Å². The number of carboxylic acids is 1. The van der Waals surface area contributed by atoms with Gasteiger partial charge in [0.1, 0.15) is 18.4 Å². The first-order valence-electron chi connectivity index (χ1n) is 12.1. The molecule has 0 fully saturated rings. The fourth-order valence-electron chi connectivity index (χ4n) is 3.62. The van der Waals surface area contributed by atoms with Gasteiger partial charge < -0.3 is 20.5 Å². The molecule has 3 rings (SSSR count). The maximum Gasteiger partial charge on any atom is 0.335 e. The molecule has 0 bridgehead atoms. The summed E-state index contributed by atoms with van der Waals surface area (Å²) in [5.41, 5.74) is 2.63. The minimum absolute atomic E-state index is 0.178. The first kappa shape index (κ1) is 26.5. The Morgan fingerprint density at radius 3 is 2.19 bits per heavy atom. The zero-order valence-corrected chi connectivity index (χ0v) is 20.4. The Morgan fingerprint density at radius 2 is 1.56 bits per heavy atom. The zero-order chi connectivity index (χ0) is 25.8. The van der Waals surface area contributed by atoms with Crippen LogP contribution in [-0.4, -0.2) is 22.9 Å². The summed E-state index contributed by atoms with van der Waals surface area (Å²) in [6.45, 7) is 2.71. The maximum absolute atomic E-state index is 13.1. The molecule has 0 spiro atoms. The van der Waals surface area contributed by atoms with Gasteiger partial charge in [0, 0.05) is 13.0 Å². The molecule has 0 saturated carbocycles. The number of hydrogen-bond acceptors (Lipinski definition) is 4. The Morgan fingerprint density at radius 1 is 0.861 bits per heavy atom. The summed E-state index contributed by atoms with van der Waals surface area (Å²) in [6.07, 6.45) is 3.07. The average molecular weight is 489 g/mol. The molecule has 0 aliphatic carbocycles. The summed E-state index contributed by atoms with van der Waals surface area (Å²) in [7, 11) is 0. The third kappa shape index (κ3) is 8.27. The van der Waals surface area contributed by atoms with E-state index in [1.807, 2.05) is 30.3 Å². The number of aromatic carboxylic acids is 1. The number of nitrogens with one attached hydrogen (secondary N) is 2. The molecule has 188 valence electrons. The molecule has 3 aromatic carbocycles. The second-order valence-electron chi connectivity index (χ2n) is 8.52. The first-order valence-corrected chi connectivity index (χ1v) is 12.1. The van der Waals surface area contributed by atoms with E-state index in [-0.39, 0.29) is 23.9 Å². The Kier molecular flexibility index (Phi) is 10.1. The Bertz CT molecular complexity index is 1130. The normalized spacial score (nSPS) is 11.4. The molecule has 0 aliphatic rings. The third-order valence-corrected chi connectivity index (χ3v) is 5.70. The van der Waals surface area contributed by atoms with Crippen molar-refractivity contribution in [3.8, 4) is 5.75 Å². The highest BCUT2D eigenvalue weighted by Crippen LogP contribution is 2.20. The molecule has 2 amide bonds. The molecule has 0 aromatic heterocycles. The Balaban J connectivity index is 1.67. The summed E-state index contributed by atoms with van der Waals surface area (Å²) < 4.78 is 5.84. The van der Waals surface area contributed by atoms with Crippen LogP contribution in [-0.2, 0) is 22.7 Å². The molecule has 0 aliphatic heterocycles. The van der Waals surface area contributed by atoms with Crippen molar-refractivity contribution in [2.45, 2.75) is 51.8 Å². The average Bonchev–Trinajstić information content (AvgIpc) is 2.90. The lowest BCUT2D eigenvalue weighted by atomic mass is 10.0. The summed E-state index contributed by atoms with van der Waals surface area (Å²) in [5, 5.41) is 14.8. The zero-order valence-electron chi connectivity index (χ0n) is 20.4. The second kappa shape index (κ2) is 13.7. The van der Waals surface area contributed by atoms with Crippen LogP contribution in [0.25, 0.3) is 0 Å². The van der Waals surface area contributed by atoms with Gasteiger partial charge in [-0.3, -0.25) is 9.59 Å². The van der Waals surface area contributed by atoms with Crippen molar-refractivity contribution in [2.75, 3.05) is 0 Å². The van der Waals surface area contributed by atoms with Crippen molar-refractivity contribution in [2.24, 2.45) is 0 Å². The van der Waals surface area contributed by atoms with Crippen LogP contribution < -0.4 is 15.4 Å². The van der Waals surface area contributed by atoms with Gasteiger partial charge in [-0.25, -0.2) is 4.79 Å². The molecular weight excluding hydrogens is 456 g/mol. The fraction of sp³-hybridized carbons (Fsp3) is 0.276. The lowest BCUT2D eigenvalue weighted by Crippen LogP contribution is -2.40. The van der Waals surface area contributed by atoms with Crippen molar-refractivity contribution in [3.05, 3.63) is 101 Å². The van der Waals surface area contributed by atoms with E-state index < -0.39 is 12.0 Å². The number of benzene rings is 3. The molecule has 1 atom stereocenters. The summed E-state index contributed by atoms with van der Waals surface area (Å²) in [6, 6.07) is 22.4. The smallest absolute Gasteiger partial charge is 0.335 e. The highest BCUT2D eigenvalue weighted by molar-refractivity contribution is 5.89. The van der Waals surface area contributed by atoms with Gasteiger partial charge >= 0.3 is 5.97 Å². The van der Waals surface area contributed by atoms with E-state index >= 15 is 0 Å². The minimum Gasteiger partial charge on any atom is -0.489 e. The molecule has 3 aromatic rings.